The monoisotopic (exact) mass is 216 g/mol. The summed E-state index contributed by atoms with van der Waals surface area (Å²) in [7, 11) is -0.634. The Hall–Kier alpha value is 0.740. The van der Waals surface area contributed by atoms with E-state index in [9.17, 15) is 9.59 Å². The van der Waals surface area contributed by atoms with E-state index in [-0.39, 0.29) is 8.89 Å². The first-order chi connectivity index (χ1) is 4.36. The van der Waals surface area contributed by atoms with Gasteiger partial charge in [0.05, 0.1) is 0 Å². The Bertz CT molecular complexity index is 165. The fourth-order valence-corrected chi connectivity index (χ4v) is 3.94. The standard InChI is InChI=1S/C4H8O2S4/c1-10(2,4(6)8)9-3(5)7/h1-2H3,(H,5,7)(H,6,8). The molecule has 0 spiro atoms. The Balaban J connectivity index is 4.13. The lowest BCUT2D eigenvalue weighted by atomic mass is 11.8. The van der Waals surface area contributed by atoms with Crippen molar-refractivity contribution >= 4 is 54.0 Å². The third-order valence-electron chi connectivity index (χ3n) is 0.700. The topological polar surface area (TPSA) is 34.1 Å². The zero-order chi connectivity index (χ0) is 8.36. The molecule has 0 N–H and O–H groups in total. The highest BCUT2D eigenvalue weighted by molar-refractivity contribution is 9.07. The van der Waals surface area contributed by atoms with Crippen LogP contribution >= 0.6 is 45.1 Å². The Morgan fingerprint density at radius 2 is 1.70 bits per heavy atom. The largest absolute Gasteiger partial charge is 0.276 e. The molecule has 0 aliphatic carbocycles. The first-order valence-electron chi connectivity index (χ1n) is 2.25. The second kappa shape index (κ2) is 3.94. The number of hydrogen-bond acceptors (Lipinski definition) is 3. The van der Waals surface area contributed by atoms with Crippen LogP contribution in [0.1, 0.15) is 0 Å². The van der Waals surface area contributed by atoms with E-state index in [2.05, 4.69) is 25.3 Å². The predicted molar refractivity (Wildman–Crippen MR) is 55.8 cm³/mol. The summed E-state index contributed by atoms with van der Waals surface area (Å²) < 4.78 is -0.567. The molecular formula is C4H8O2S4. The second-order valence-corrected chi connectivity index (χ2v) is 9.64. The van der Waals surface area contributed by atoms with Gasteiger partial charge < -0.3 is 0 Å². The Morgan fingerprint density at radius 1 is 1.30 bits per heavy atom. The van der Waals surface area contributed by atoms with Gasteiger partial charge in [-0.1, -0.05) is 25.3 Å². The molecule has 0 aromatic carbocycles. The molecule has 0 radical (unpaired) electrons. The van der Waals surface area contributed by atoms with Gasteiger partial charge in [-0.3, -0.25) is 9.59 Å². The number of rotatable bonds is 0. The van der Waals surface area contributed by atoms with Crippen molar-refractivity contribution in [1.29, 1.82) is 0 Å². The van der Waals surface area contributed by atoms with Crippen molar-refractivity contribution in [2.75, 3.05) is 12.5 Å². The van der Waals surface area contributed by atoms with Gasteiger partial charge in [0.1, 0.15) is 0 Å². The first-order valence-corrected chi connectivity index (χ1v) is 6.92. The molecule has 2 nitrogen and oxygen atoms in total. The van der Waals surface area contributed by atoms with Gasteiger partial charge in [-0.2, -0.15) is 0 Å². The Labute approximate surface area is 76.0 Å². The predicted octanol–water partition coefficient (Wildman–Crippen LogP) is 2.80. The number of carbonyl (C=O) groups is 2. The van der Waals surface area contributed by atoms with Crippen LogP contribution in [0.4, 0.5) is 9.59 Å². The lowest BCUT2D eigenvalue weighted by Crippen LogP contribution is -1.97. The molecule has 0 bridgehead atoms. The molecule has 0 rings (SSSR count). The number of thiol groups is 2. The minimum absolute atomic E-state index is 0.236. The smallest absolute Gasteiger partial charge is 0.252 e. The van der Waals surface area contributed by atoms with E-state index in [1.165, 1.54) is 0 Å². The molecule has 0 aromatic heterocycles. The van der Waals surface area contributed by atoms with Crippen molar-refractivity contribution < 1.29 is 9.59 Å². The van der Waals surface area contributed by atoms with Gasteiger partial charge in [0, 0.05) is 0 Å². The van der Waals surface area contributed by atoms with E-state index in [1.807, 2.05) is 0 Å². The van der Waals surface area contributed by atoms with Crippen molar-refractivity contribution in [3.05, 3.63) is 0 Å². The van der Waals surface area contributed by atoms with E-state index < -0.39 is 9.06 Å². The van der Waals surface area contributed by atoms with Crippen LogP contribution in [0, 0.1) is 0 Å². The van der Waals surface area contributed by atoms with E-state index in [0.29, 0.717) is 0 Å². The van der Waals surface area contributed by atoms with Crippen molar-refractivity contribution in [2.24, 2.45) is 0 Å². The average Bonchev–Trinajstić information content (AvgIpc) is 1.60. The fraction of sp³-hybridized carbons (Fsp3) is 0.500. The number of carbonyl (C=O) groups excluding carboxylic acids is 2. The van der Waals surface area contributed by atoms with Crippen LogP contribution in [0.2, 0.25) is 0 Å². The lowest BCUT2D eigenvalue weighted by Gasteiger charge is -2.22. The summed E-state index contributed by atoms with van der Waals surface area (Å²) in [6.07, 6.45) is 3.42. The maximum atomic E-state index is 10.7. The number of hydrogen-bond donors (Lipinski definition) is 2. The van der Waals surface area contributed by atoms with Gasteiger partial charge in [-0.05, 0) is 23.3 Å². The fourth-order valence-electron chi connectivity index (χ4n) is 0.214. The zero-order valence-electron chi connectivity index (χ0n) is 5.53. The SMILES string of the molecule is CS(C)(SC(=O)S)C(=O)S. The van der Waals surface area contributed by atoms with E-state index in [1.54, 1.807) is 12.5 Å². The Morgan fingerprint density at radius 3 is 1.80 bits per heavy atom. The summed E-state index contributed by atoms with van der Waals surface area (Å²) in [5.41, 5.74) is 0. The van der Waals surface area contributed by atoms with Crippen LogP contribution in [0.25, 0.3) is 0 Å². The average molecular weight is 216 g/mol. The van der Waals surface area contributed by atoms with Gasteiger partial charge in [0.25, 0.3) is 4.45 Å². The minimum Gasteiger partial charge on any atom is -0.276 e. The highest BCUT2D eigenvalue weighted by Gasteiger charge is 2.21. The van der Waals surface area contributed by atoms with Crippen molar-refractivity contribution in [3.8, 4) is 0 Å². The summed E-state index contributed by atoms with van der Waals surface area (Å²) in [5.74, 6) is 0. The summed E-state index contributed by atoms with van der Waals surface area (Å²) in [6.45, 7) is 0. The lowest BCUT2D eigenvalue weighted by molar-refractivity contribution is 0.275. The summed E-state index contributed by atoms with van der Waals surface area (Å²) in [5, 5.41) is 0. The van der Waals surface area contributed by atoms with Gasteiger partial charge in [-0.15, -0.1) is 9.06 Å². The van der Waals surface area contributed by atoms with E-state index >= 15 is 0 Å². The van der Waals surface area contributed by atoms with Crippen LogP contribution in [-0.4, -0.2) is 21.4 Å². The molecule has 0 aliphatic rings. The molecule has 0 heterocycles. The van der Waals surface area contributed by atoms with Crippen molar-refractivity contribution in [2.45, 2.75) is 0 Å². The van der Waals surface area contributed by atoms with Crippen molar-refractivity contribution in [3.63, 3.8) is 0 Å². The Kier molecular flexibility index (Phi) is 4.23. The van der Waals surface area contributed by atoms with E-state index in [0.717, 1.165) is 10.8 Å². The third-order valence-corrected chi connectivity index (χ3v) is 6.64. The highest BCUT2D eigenvalue weighted by atomic mass is 33.2. The molecule has 0 aliphatic heterocycles. The third kappa shape index (κ3) is 3.80. The van der Waals surface area contributed by atoms with Crippen LogP contribution in [0.3, 0.4) is 0 Å². The van der Waals surface area contributed by atoms with Crippen LogP contribution < -0.4 is 0 Å². The molecule has 10 heavy (non-hydrogen) atoms. The molecule has 0 aromatic rings. The maximum absolute atomic E-state index is 10.7. The summed E-state index contributed by atoms with van der Waals surface area (Å²) in [6, 6.07) is 0. The van der Waals surface area contributed by atoms with Crippen LogP contribution in [0.5, 0.6) is 0 Å². The molecule has 0 saturated heterocycles. The van der Waals surface area contributed by atoms with Crippen LogP contribution in [-0.2, 0) is 0 Å². The highest BCUT2D eigenvalue weighted by Crippen LogP contribution is 2.56. The van der Waals surface area contributed by atoms with Crippen molar-refractivity contribution in [1.82, 2.24) is 0 Å². The maximum Gasteiger partial charge on any atom is 0.252 e. The van der Waals surface area contributed by atoms with Gasteiger partial charge in [-0.25, -0.2) is 0 Å². The normalized spacial score (nSPS) is 12.8. The molecule has 0 fully saturated rings. The van der Waals surface area contributed by atoms with E-state index in [4.69, 9.17) is 0 Å². The van der Waals surface area contributed by atoms with Gasteiger partial charge >= 0.3 is 0 Å². The first kappa shape index (κ1) is 10.7. The molecule has 0 amide bonds. The molecule has 6 heteroatoms. The molecular weight excluding hydrogens is 208 g/mol. The second-order valence-electron chi connectivity index (χ2n) is 1.85. The van der Waals surface area contributed by atoms with Gasteiger partial charge in [0.15, 0.2) is 0 Å². The van der Waals surface area contributed by atoms with Crippen LogP contribution in [0.15, 0.2) is 0 Å². The minimum atomic E-state index is -1.58. The molecule has 0 atom stereocenters. The molecule has 60 valence electrons. The molecule has 0 saturated carbocycles. The van der Waals surface area contributed by atoms with Gasteiger partial charge in [0.2, 0.25) is 4.45 Å². The molecule has 0 unspecified atom stereocenters. The summed E-state index contributed by atoms with van der Waals surface area (Å²) in [4.78, 5) is 21.1. The quantitative estimate of drug-likeness (QED) is 0.482. The zero-order valence-corrected chi connectivity index (χ0v) is 8.95. The summed E-state index contributed by atoms with van der Waals surface area (Å²) >= 11 is 7.19.